The number of aromatic nitrogens is 3. The molecule has 2 heterocycles. The van der Waals surface area contributed by atoms with E-state index < -0.39 is 0 Å². The van der Waals surface area contributed by atoms with Crippen LogP contribution in [0, 0.1) is 6.92 Å². The fraction of sp³-hybridized carbons (Fsp3) is 0.318. The summed E-state index contributed by atoms with van der Waals surface area (Å²) in [6, 6.07) is 10.3. The molecule has 3 aromatic rings. The van der Waals surface area contributed by atoms with Crippen molar-refractivity contribution in [3.63, 3.8) is 0 Å². The van der Waals surface area contributed by atoms with Gasteiger partial charge < -0.3 is 15.4 Å². The van der Waals surface area contributed by atoms with Gasteiger partial charge in [-0.15, -0.1) is 24.0 Å². The van der Waals surface area contributed by atoms with Gasteiger partial charge in [0, 0.05) is 31.7 Å². The van der Waals surface area contributed by atoms with Gasteiger partial charge in [-0.2, -0.15) is 0 Å². The van der Waals surface area contributed by atoms with Crippen molar-refractivity contribution in [1.29, 1.82) is 0 Å². The zero-order valence-corrected chi connectivity index (χ0v) is 20.0. The van der Waals surface area contributed by atoms with E-state index in [0.717, 1.165) is 48.2 Å². The third kappa shape index (κ3) is 6.72. The first kappa shape index (κ1) is 23.7. The number of benzene rings is 1. The van der Waals surface area contributed by atoms with Gasteiger partial charge in [0.1, 0.15) is 17.9 Å². The van der Waals surface area contributed by atoms with Crippen LogP contribution < -0.4 is 15.4 Å². The molecule has 0 aliphatic carbocycles. The molecule has 2 N–H and O–H groups in total. The van der Waals surface area contributed by atoms with Crippen LogP contribution in [0.5, 0.6) is 5.75 Å². The lowest BCUT2D eigenvalue weighted by Gasteiger charge is -2.12. The van der Waals surface area contributed by atoms with Crippen LogP contribution in [0.15, 0.2) is 60.2 Å². The van der Waals surface area contributed by atoms with Gasteiger partial charge in [-0.1, -0.05) is 12.1 Å². The minimum Gasteiger partial charge on any atom is -0.496 e. The molecule has 8 heteroatoms. The predicted octanol–water partition coefficient (Wildman–Crippen LogP) is 3.50. The first-order chi connectivity index (χ1) is 14.2. The van der Waals surface area contributed by atoms with Crippen molar-refractivity contribution >= 4 is 29.9 Å². The van der Waals surface area contributed by atoms with E-state index >= 15 is 0 Å². The Balaban J connectivity index is 0.00000320. The molecular formula is C22H29IN6O. The Morgan fingerprint density at radius 1 is 1.13 bits per heavy atom. The molecule has 0 aliphatic heterocycles. The summed E-state index contributed by atoms with van der Waals surface area (Å²) < 4.78 is 7.29. The third-order valence-corrected chi connectivity index (χ3v) is 4.52. The molecule has 1 aromatic carbocycles. The smallest absolute Gasteiger partial charge is 0.191 e. The summed E-state index contributed by atoms with van der Waals surface area (Å²) in [6.45, 7) is 6.27. The summed E-state index contributed by atoms with van der Waals surface area (Å²) in [7, 11) is 1.71. The van der Waals surface area contributed by atoms with Crippen LogP contribution in [0.2, 0.25) is 0 Å². The summed E-state index contributed by atoms with van der Waals surface area (Å²) >= 11 is 0. The number of nitrogens with one attached hydrogen (secondary N) is 2. The van der Waals surface area contributed by atoms with Gasteiger partial charge in [0.15, 0.2) is 5.96 Å². The third-order valence-electron chi connectivity index (χ3n) is 4.52. The summed E-state index contributed by atoms with van der Waals surface area (Å²) in [6.07, 6.45) is 8.04. The second-order valence-electron chi connectivity index (χ2n) is 6.67. The Hall–Kier alpha value is -2.62. The number of hydrogen-bond donors (Lipinski definition) is 2. The molecule has 0 saturated carbocycles. The van der Waals surface area contributed by atoms with E-state index in [-0.39, 0.29) is 24.0 Å². The monoisotopic (exact) mass is 520 g/mol. The van der Waals surface area contributed by atoms with Crippen LogP contribution in [0.1, 0.15) is 23.6 Å². The first-order valence-electron chi connectivity index (χ1n) is 9.78. The van der Waals surface area contributed by atoms with Gasteiger partial charge in [0.2, 0.25) is 0 Å². The van der Waals surface area contributed by atoms with Gasteiger partial charge in [0.25, 0.3) is 0 Å². The average Bonchev–Trinajstić information content (AvgIpc) is 3.28. The second-order valence-corrected chi connectivity index (χ2v) is 6.67. The Bertz CT molecular complexity index is 943. The molecule has 30 heavy (non-hydrogen) atoms. The van der Waals surface area contributed by atoms with Crippen LogP contribution in [0.25, 0.3) is 5.82 Å². The fourth-order valence-corrected chi connectivity index (χ4v) is 2.95. The molecule has 0 fully saturated rings. The number of aliphatic imine (C=N–C) groups is 1. The Labute approximate surface area is 195 Å². The average molecular weight is 520 g/mol. The quantitative estimate of drug-likeness (QED) is 0.270. The summed E-state index contributed by atoms with van der Waals surface area (Å²) in [5.41, 5.74) is 3.46. The van der Waals surface area contributed by atoms with Gasteiger partial charge in [-0.05, 0) is 55.2 Å². The number of nitrogens with zero attached hydrogens (tertiary/aromatic N) is 4. The number of aryl methyl sites for hydroxylation is 1. The molecule has 3 rings (SSSR count). The highest BCUT2D eigenvalue weighted by Gasteiger charge is 2.03. The second kappa shape index (κ2) is 12.2. The molecule has 0 amide bonds. The Morgan fingerprint density at radius 3 is 2.73 bits per heavy atom. The largest absolute Gasteiger partial charge is 0.496 e. The van der Waals surface area contributed by atoms with Crippen LogP contribution in [0.3, 0.4) is 0 Å². The van der Waals surface area contributed by atoms with E-state index in [2.05, 4.69) is 45.7 Å². The molecular weight excluding hydrogens is 491 g/mol. The van der Waals surface area contributed by atoms with E-state index in [0.29, 0.717) is 6.54 Å². The highest BCUT2D eigenvalue weighted by molar-refractivity contribution is 14.0. The topological polar surface area (TPSA) is 76.4 Å². The minimum atomic E-state index is 0. The predicted molar refractivity (Wildman–Crippen MR) is 131 cm³/mol. The van der Waals surface area contributed by atoms with Crippen molar-refractivity contribution in [2.24, 2.45) is 4.99 Å². The van der Waals surface area contributed by atoms with Gasteiger partial charge in [0.05, 0.1) is 13.7 Å². The number of methoxy groups -OCH3 is 1. The molecule has 0 aliphatic rings. The van der Waals surface area contributed by atoms with E-state index in [1.807, 2.05) is 29.8 Å². The van der Waals surface area contributed by atoms with E-state index in [1.165, 1.54) is 5.56 Å². The lowest BCUT2D eigenvalue weighted by molar-refractivity contribution is 0.411. The number of ether oxygens (including phenoxy) is 1. The Kier molecular flexibility index (Phi) is 9.59. The molecule has 0 unspecified atom stereocenters. The van der Waals surface area contributed by atoms with Crippen molar-refractivity contribution in [2.45, 2.75) is 26.8 Å². The molecule has 7 nitrogen and oxygen atoms in total. The maximum absolute atomic E-state index is 5.41. The van der Waals surface area contributed by atoms with Crippen molar-refractivity contribution in [2.75, 3.05) is 20.2 Å². The number of pyridine rings is 1. The summed E-state index contributed by atoms with van der Waals surface area (Å²) in [4.78, 5) is 13.2. The molecule has 160 valence electrons. The first-order valence-corrected chi connectivity index (χ1v) is 9.78. The highest BCUT2D eigenvalue weighted by Crippen LogP contribution is 2.19. The molecule has 2 aromatic heterocycles. The lowest BCUT2D eigenvalue weighted by atomic mass is 10.1. The van der Waals surface area contributed by atoms with Gasteiger partial charge in [-0.3, -0.25) is 4.57 Å². The maximum Gasteiger partial charge on any atom is 0.191 e. The SMILES string of the molecule is CCNC(=NCc1ccnc(-n2ccnc2)c1)NCCc1ccc(C)c(OC)c1.I. The van der Waals surface area contributed by atoms with E-state index in [1.54, 1.807) is 25.8 Å². The molecule has 0 radical (unpaired) electrons. The van der Waals surface area contributed by atoms with Crippen molar-refractivity contribution in [3.8, 4) is 11.6 Å². The molecule has 0 saturated heterocycles. The van der Waals surface area contributed by atoms with E-state index in [9.17, 15) is 0 Å². The minimum absolute atomic E-state index is 0. The van der Waals surface area contributed by atoms with Gasteiger partial charge >= 0.3 is 0 Å². The molecule has 0 bridgehead atoms. The number of imidazole rings is 1. The highest BCUT2D eigenvalue weighted by atomic mass is 127. The standard InChI is InChI=1S/C22H28N6O.HI/c1-4-24-22(26-10-7-18-6-5-17(2)20(13-18)29-3)27-15-19-8-9-25-21(14-19)28-12-11-23-16-28;/h5-6,8-9,11-14,16H,4,7,10,15H2,1-3H3,(H2,24,26,27);1H. The zero-order valence-electron chi connectivity index (χ0n) is 17.6. The normalized spacial score (nSPS) is 11.0. The zero-order chi connectivity index (χ0) is 20.5. The number of guanidine groups is 1. The lowest BCUT2D eigenvalue weighted by Crippen LogP contribution is -2.38. The fourth-order valence-electron chi connectivity index (χ4n) is 2.95. The van der Waals surface area contributed by atoms with Crippen molar-refractivity contribution in [3.05, 3.63) is 71.9 Å². The van der Waals surface area contributed by atoms with Crippen LogP contribution >= 0.6 is 24.0 Å². The van der Waals surface area contributed by atoms with Crippen LogP contribution in [0.4, 0.5) is 0 Å². The van der Waals surface area contributed by atoms with Crippen molar-refractivity contribution in [1.82, 2.24) is 25.2 Å². The number of halogens is 1. The van der Waals surface area contributed by atoms with Gasteiger partial charge in [-0.25, -0.2) is 15.0 Å². The number of hydrogen-bond acceptors (Lipinski definition) is 4. The Morgan fingerprint density at radius 2 is 2.00 bits per heavy atom. The van der Waals surface area contributed by atoms with Crippen LogP contribution in [-0.4, -0.2) is 40.7 Å². The summed E-state index contributed by atoms with van der Waals surface area (Å²) in [5, 5.41) is 6.70. The molecule has 0 spiro atoms. The van der Waals surface area contributed by atoms with E-state index in [4.69, 9.17) is 9.73 Å². The van der Waals surface area contributed by atoms with Crippen LogP contribution in [-0.2, 0) is 13.0 Å². The molecule has 0 atom stereocenters. The van der Waals surface area contributed by atoms with Crippen molar-refractivity contribution < 1.29 is 4.74 Å². The number of rotatable bonds is 8. The summed E-state index contributed by atoms with van der Waals surface area (Å²) in [5.74, 6) is 2.56. The maximum atomic E-state index is 5.41.